The normalized spacial score (nSPS) is 11.8. The molecule has 0 bridgehead atoms. The number of urea groups is 1. The van der Waals surface area contributed by atoms with Gasteiger partial charge < -0.3 is 16.4 Å². The summed E-state index contributed by atoms with van der Waals surface area (Å²) >= 11 is 0. The minimum Gasteiger partial charge on any atom is -0.360 e. The van der Waals surface area contributed by atoms with E-state index in [0.29, 0.717) is 25.2 Å². The number of hydrogen-bond donors (Lipinski definition) is 3. The van der Waals surface area contributed by atoms with E-state index >= 15 is 0 Å². The number of carbonyl (C=O) groups excluding carboxylic acids is 2. The van der Waals surface area contributed by atoms with Crippen LogP contribution in [0.1, 0.15) is 13.3 Å². The van der Waals surface area contributed by atoms with Crippen molar-refractivity contribution in [2.24, 2.45) is 11.5 Å². The Kier molecular flexibility index (Phi) is 5.92. The van der Waals surface area contributed by atoms with Crippen molar-refractivity contribution in [2.45, 2.75) is 19.4 Å². The molecule has 5 N–H and O–H groups in total. The molecule has 0 aliphatic carbocycles. The standard InChI is InChI=1S/C13H19FN4O2/c1-9(12(19)17-13(16)20)18(7-3-6-15)11-5-2-4-10(14)8-11/h2,4-5,8-9H,3,6-7,15H2,1H3,(H3,16,17,19,20). The summed E-state index contributed by atoms with van der Waals surface area (Å²) < 4.78 is 13.3. The van der Waals surface area contributed by atoms with Crippen molar-refractivity contribution in [1.29, 1.82) is 0 Å². The number of rotatable bonds is 6. The molecule has 1 atom stereocenters. The number of benzene rings is 1. The van der Waals surface area contributed by atoms with E-state index in [9.17, 15) is 14.0 Å². The number of halogens is 1. The molecule has 0 fully saturated rings. The molecule has 7 heteroatoms. The number of nitrogens with two attached hydrogens (primary N) is 2. The van der Waals surface area contributed by atoms with Crippen molar-refractivity contribution in [3.05, 3.63) is 30.1 Å². The molecule has 6 nitrogen and oxygen atoms in total. The van der Waals surface area contributed by atoms with Gasteiger partial charge in [-0.2, -0.15) is 0 Å². The monoisotopic (exact) mass is 282 g/mol. The van der Waals surface area contributed by atoms with Gasteiger partial charge in [0.2, 0.25) is 5.91 Å². The Labute approximate surface area is 116 Å². The van der Waals surface area contributed by atoms with Crippen molar-refractivity contribution >= 4 is 17.6 Å². The number of nitrogens with zero attached hydrogens (tertiary/aromatic N) is 1. The van der Waals surface area contributed by atoms with Crippen LogP contribution >= 0.6 is 0 Å². The number of amides is 3. The fraction of sp³-hybridized carbons (Fsp3) is 0.385. The Morgan fingerprint density at radius 2 is 2.15 bits per heavy atom. The van der Waals surface area contributed by atoms with E-state index in [1.165, 1.54) is 12.1 Å². The van der Waals surface area contributed by atoms with Crippen LogP contribution in [0.5, 0.6) is 0 Å². The van der Waals surface area contributed by atoms with E-state index < -0.39 is 23.8 Å². The molecule has 0 radical (unpaired) electrons. The maximum Gasteiger partial charge on any atom is 0.318 e. The van der Waals surface area contributed by atoms with Crippen LogP contribution in [-0.4, -0.2) is 31.1 Å². The van der Waals surface area contributed by atoms with Gasteiger partial charge in [-0.15, -0.1) is 0 Å². The van der Waals surface area contributed by atoms with Crippen molar-refractivity contribution in [1.82, 2.24) is 5.32 Å². The highest BCUT2D eigenvalue weighted by Gasteiger charge is 2.22. The van der Waals surface area contributed by atoms with E-state index in [0.717, 1.165) is 0 Å². The molecule has 0 aliphatic rings. The molecule has 0 aromatic heterocycles. The largest absolute Gasteiger partial charge is 0.360 e. The van der Waals surface area contributed by atoms with Gasteiger partial charge in [-0.05, 0) is 38.1 Å². The summed E-state index contributed by atoms with van der Waals surface area (Å²) in [5, 5.41) is 2.02. The van der Waals surface area contributed by atoms with Crippen LogP contribution < -0.4 is 21.7 Å². The third-order valence-corrected chi connectivity index (χ3v) is 2.84. The first-order chi connectivity index (χ1) is 9.45. The smallest absolute Gasteiger partial charge is 0.318 e. The Morgan fingerprint density at radius 1 is 1.45 bits per heavy atom. The predicted molar refractivity (Wildman–Crippen MR) is 74.6 cm³/mol. The fourth-order valence-corrected chi connectivity index (χ4v) is 1.83. The SMILES string of the molecule is CC(C(=O)NC(N)=O)N(CCCN)c1cccc(F)c1. The average molecular weight is 282 g/mol. The lowest BCUT2D eigenvalue weighted by Crippen LogP contribution is -2.49. The van der Waals surface area contributed by atoms with Crippen LogP contribution in [0.3, 0.4) is 0 Å². The van der Waals surface area contributed by atoms with E-state index in [4.69, 9.17) is 11.5 Å². The number of carbonyl (C=O) groups is 2. The predicted octanol–water partition coefficient (Wildman–Crippen LogP) is 0.564. The number of primary amides is 1. The van der Waals surface area contributed by atoms with E-state index in [1.807, 2.05) is 5.32 Å². The van der Waals surface area contributed by atoms with Gasteiger partial charge in [0.15, 0.2) is 0 Å². The summed E-state index contributed by atoms with van der Waals surface area (Å²) in [4.78, 5) is 24.2. The molecular weight excluding hydrogens is 263 g/mol. The van der Waals surface area contributed by atoms with Gasteiger partial charge in [0.25, 0.3) is 0 Å². The number of hydrogen-bond acceptors (Lipinski definition) is 4. The van der Waals surface area contributed by atoms with Gasteiger partial charge in [-0.1, -0.05) is 6.07 Å². The zero-order valence-electron chi connectivity index (χ0n) is 11.3. The molecule has 1 rings (SSSR count). The zero-order chi connectivity index (χ0) is 15.1. The maximum atomic E-state index is 13.3. The quantitative estimate of drug-likeness (QED) is 0.709. The molecule has 0 saturated carbocycles. The lowest BCUT2D eigenvalue weighted by molar-refractivity contribution is -0.120. The average Bonchev–Trinajstić information content (AvgIpc) is 2.38. The highest BCUT2D eigenvalue weighted by Crippen LogP contribution is 2.18. The van der Waals surface area contributed by atoms with Gasteiger partial charge in [0.05, 0.1) is 0 Å². The Morgan fingerprint density at radius 3 is 2.70 bits per heavy atom. The minimum absolute atomic E-state index is 0.400. The molecule has 3 amide bonds. The van der Waals surface area contributed by atoms with E-state index in [1.54, 1.807) is 24.0 Å². The van der Waals surface area contributed by atoms with Gasteiger partial charge >= 0.3 is 6.03 Å². The zero-order valence-corrected chi connectivity index (χ0v) is 11.3. The second-order valence-corrected chi connectivity index (χ2v) is 4.34. The molecular formula is C13H19FN4O2. The summed E-state index contributed by atoms with van der Waals surface area (Å²) in [6, 6.07) is 4.30. The van der Waals surface area contributed by atoms with Crippen molar-refractivity contribution in [3.8, 4) is 0 Å². The summed E-state index contributed by atoms with van der Waals surface area (Å²) in [5.41, 5.74) is 10.9. The summed E-state index contributed by atoms with van der Waals surface area (Å²) in [7, 11) is 0. The van der Waals surface area contributed by atoms with Crippen LogP contribution in [0.2, 0.25) is 0 Å². The highest BCUT2D eigenvalue weighted by molar-refractivity contribution is 5.97. The first-order valence-electron chi connectivity index (χ1n) is 6.28. The van der Waals surface area contributed by atoms with E-state index in [-0.39, 0.29) is 0 Å². The van der Waals surface area contributed by atoms with Gasteiger partial charge in [0, 0.05) is 12.2 Å². The van der Waals surface area contributed by atoms with Crippen molar-refractivity contribution < 1.29 is 14.0 Å². The van der Waals surface area contributed by atoms with Gasteiger partial charge in [-0.3, -0.25) is 10.1 Å². The second kappa shape index (κ2) is 7.44. The minimum atomic E-state index is -0.917. The highest BCUT2D eigenvalue weighted by atomic mass is 19.1. The van der Waals surface area contributed by atoms with Crippen LogP contribution in [0.4, 0.5) is 14.9 Å². The molecule has 1 unspecified atom stereocenters. The Bertz CT molecular complexity index is 481. The number of anilines is 1. The maximum absolute atomic E-state index is 13.3. The lowest BCUT2D eigenvalue weighted by atomic mass is 10.2. The molecule has 0 aliphatic heterocycles. The Balaban J connectivity index is 2.93. The number of nitrogens with one attached hydrogen (secondary N) is 1. The molecule has 1 aromatic carbocycles. The third-order valence-electron chi connectivity index (χ3n) is 2.84. The molecule has 20 heavy (non-hydrogen) atoms. The molecule has 0 spiro atoms. The lowest BCUT2D eigenvalue weighted by Gasteiger charge is -2.30. The first-order valence-corrected chi connectivity index (χ1v) is 6.28. The van der Waals surface area contributed by atoms with Crippen molar-refractivity contribution in [3.63, 3.8) is 0 Å². The topological polar surface area (TPSA) is 101 Å². The fourth-order valence-electron chi connectivity index (χ4n) is 1.83. The van der Waals surface area contributed by atoms with E-state index in [2.05, 4.69) is 0 Å². The van der Waals surface area contributed by atoms with Gasteiger partial charge in [0.1, 0.15) is 11.9 Å². The van der Waals surface area contributed by atoms with Crippen LogP contribution in [0.15, 0.2) is 24.3 Å². The van der Waals surface area contributed by atoms with Gasteiger partial charge in [-0.25, -0.2) is 9.18 Å². The summed E-state index contributed by atoms with van der Waals surface area (Å²) in [6.45, 7) is 2.52. The number of imide groups is 1. The van der Waals surface area contributed by atoms with Crippen LogP contribution in [0, 0.1) is 5.82 Å². The summed E-state index contributed by atoms with van der Waals surface area (Å²) in [5.74, 6) is -0.943. The first kappa shape index (κ1) is 15.9. The molecule has 0 saturated heterocycles. The molecule has 0 heterocycles. The summed E-state index contributed by atoms with van der Waals surface area (Å²) in [6.07, 6.45) is 0.630. The van der Waals surface area contributed by atoms with Crippen LogP contribution in [0.25, 0.3) is 0 Å². The molecule has 1 aromatic rings. The van der Waals surface area contributed by atoms with Crippen molar-refractivity contribution in [2.75, 3.05) is 18.0 Å². The third kappa shape index (κ3) is 4.51. The second-order valence-electron chi connectivity index (χ2n) is 4.34. The molecule has 110 valence electrons. The van der Waals surface area contributed by atoms with Crippen LogP contribution in [-0.2, 0) is 4.79 Å². The Hall–Kier alpha value is -2.15.